The van der Waals surface area contributed by atoms with Gasteiger partial charge in [0.2, 0.25) is 5.95 Å². The molecule has 1 aromatic carbocycles. The van der Waals surface area contributed by atoms with E-state index in [2.05, 4.69) is 33.5 Å². The molecule has 1 aliphatic carbocycles. The van der Waals surface area contributed by atoms with E-state index in [-0.39, 0.29) is 0 Å². The number of anilines is 1. The number of hydrogen-bond donors (Lipinski definition) is 1. The lowest BCUT2D eigenvalue weighted by Gasteiger charge is -2.11. The molecule has 4 nitrogen and oxygen atoms in total. The molecule has 1 heterocycles. The van der Waals surface area contributed by atoms with Gasteiger partial charge in [-0.25, -0.2) is 4.98 Å². The Bertz CT molecular complexity index is 532. The number of benzene rings is 1. The van der Waals surface area contributed by atoms with Crippen molar-refractivity contribution in [1.29, 1.82) is 0 Å². The number of aromatic nitrogens is 3. The van der Waals surface area contributed by atoms with Gasteiger partial charge in [0.15, 0.2) is 0 Å². The summed E-state index contributed by atoms with van der Waals surface area (Å²) in [6.45, 7) is 2.05. The van der Waals surface area contributed by atoms with Crippen molar-refractivity contribution in [1.82, 2.24) is 15.2 Å². The van der Waals surface area contributed by atoms with Crippen LogP contribution < -0.4 is 5.32 Å². The number of nitrogens with one attached hydrogen (secondary N) is 1. The first-order valence-electron chi connectivity index (χ1n) is 6.19. The zero-order chi connectivity index (χ0) is 11.7. The van der Waals surface area contributed by atoms with Gasteiger partial charge in [-0.1, -0.05) is 25.0 Å². The lowest BCUT2D eigenvalue weighted by Crippen LogP contribution is -2.17. The van der Waals surface area contributed by atoms with Gasteiger partial charge in [0, 0.05) is 6.04 Å². The second-order valence-corrected chi connectivity index (χ2v) is 4.70. The SMILES string of the molecule is Cc1cccc2nnc(NC3CCCC3)nc12. The normalized spacial score (nSPS) is 16.5. The summed E-state index contributed by atoms with van der Waals surface area (Å²) in [5.74, 6) is 0.665. The van der Waals surface area contributed by atoms with Gasteiger partial charge in [-0.05, 0) is 31.4 Å². The first-order chi connectivity index (χ1) is 8.33. The summed E-state index contributed by atoms with van der Waals surface area (Å²) in [7, 11) is 0. The molecule has 0 atom stereocenters. The quantitative estimate of drug-likeness (QED) is 0.858. The molecule has 3 rings (SSSR count). The Morgan fingerprint density at radius 1 is 1.18 bits per heavy atom. The number of fused-ring (bicyclic) bond motifs is 1. The topological polar surface area (TPSA) is 50.7 Å². The van der Waals surface area contributed by atoms with Crippen molar-refractivity contribution in [2.45, 2.75) is 38.6 Å². The van der Waals surface area contributed by atoms with Gasteiger partial charge in [0.25, 0.3) is 0 Å². The molecule has 1 aliphatic rings. The third-order valence-electron chi connectivity index (χ3n) is 3.38. The summed E-state index contributed by atoms with van der Waals surface area (Å²) < 4.78 is 0. The molecular formula is C13H16N4. The minimum Gasteiger partial charge on any atom is -0.350 e. The maximum atomic E-state index is 4.55. The molecule has 1 N–H and O–H groups in total. The van der Waals surface area contributed by atoms with Crippen molar-refractivity contribution in [3.05, 3.63) is 23.8 Å². The van der Waals surface area contributed by atoms with E-state index in [9.17, 15) is 0 Å². The summed E-state index contributed by atoms with van der Waals surface area (Å²) in [5.41, 5.74) is 2.96. The van der Waals surface area contributed by atoms with Crippen molar-refractivity contribution < 1.29 is 0 Å². The monoisotopic (exact) mass is 228 g/mol. The van der Waals surface area contributed by atoms with Gasteiger partial charge in [0.05, 0.1) is 5.52 Å². The van der Waals surface area contributed by atoms with E-state index in [4.69, 9.17) is 0 Å². The van der Waals surface area contributed by atoms with Crippen LogP contribution in [0.4, 0.5) is 5.95 Å². The molecule has 2 aromatic rings. The van der Waals surface area contributed by atoms with Crippen LogP contribution in [0, 0.1) is 6.92 Å². The molecule has 0 amide bonds. The van der Waals surface area contributed by atoms with Crippen LogP contribution in [0.1, 0.15) is 31.2 Å². The molecule has 1 aromatic heterocycles. The van der Waals surface area contributed by atoms with Crippen LogP contribution in [0.25, 0.3) is 11.0 Å². The van der Waals surface area contributed by atoms with Crippen molar-refractivity contribution in [2.75, 3.05) is 5.32 Å². The first-order valence-corrected chi connectivity index (χ1v) is 6.19. The minimum absolute atomic E-state index is 0.526. The van der Waals surface area contributed by atoms with Gasteiger partial charge in [0.1, 0.15) is 5.52 Å². The van der Waals surface area contributed by atoms with Crippen LogP contribution in [0.15, 0.2) is 18.2 Å². The largest absolute Gasteiger partial charge is 0.350 e. The van der Waals surface area contributed by atoms with Crippen molar-refractivity contribution >= 4 is 17.0 Å². The molecular weight excluding hydrogens is 212 g/mol. The summed E-state index contributed by atoms with van der Waals surface area (Å²) in [6, 6.07) is 6.51. The van der Waals surface area contributed by atoms with Gasteiger partial charge in [-0.2, -0.15) is 0 Å². The van der Waals surface area contributed by atoms with Gasteiger partial charge < -0.3 is 5.32 Å². The summed E-state index contributed by atoms with van der Waals surface area (Å²) >= 11 is 0. The van der Waals surface area contributed by atoms with Crippen LogP contribution in [-0.4, -0.2) is 21.2 Å². The highest BCUT2D eigenvalue weighted by Crippen LogP contribution is 2.21. The van der Waals surface area contributed by atoms with E-state index >= 15 is 0 Å². The molecule has 0 spiro atoms. The van der Waals surface area contributed by atoms with Gasteiger partial charge >= 0.3 is 0 Å². The molecule has 1 fully saturated rings. The highest BCUT2D eigenvalue weighted by Gasteiger charge is 2.16. The van der Waals surface area contributed by atoms with E-state index in [1.165, 1.54) is 25.7 Å². The van der Waals surface area contributed by atoms with E-state index in [0.717, 1.165) is 16.6 Å². The Morgan fingerprint density at radius 3 is 2.82 bits per heavy atom. The summed E-state index contributed by atoms with van der Waals surface area (Å²) in [4.78, 5) is 4.55. The fourth-order valence-electron chi connectivity index (χ4n) is 2.41. The standard InChI is InChI=1S/C13H16N4/c1-9-5-4-8-11-12(9)15-13(17-16-11)14-10-6-2-3-7-10/h4-5,8,10H,2-3,6-7H2,1H3,(H,14,15,17). The zero-order valence-electron chi connectivity index (χ0n) is 9.98. The Labute approximate surface area is 100 Å². The maximum absolute atomic E-state index is 4.55. The number of aryl methyl sites for hydroxylation is 1. The third kappa shape index (κ3) is 2.07. The molecule has 0 saturated heterocycles. The number of hydrogen-bond acceptors (Lipinski definition) is 4. The Morgan fingerprint density at radius 2 is 2.00 bits per heavy atom. The fourth-order valence-corrected chi connectivity index (χ4v) is 2.41. The second kappa shape index (κ2) is 4.28. The van der Waals surface area contributed by atoms with Crippen molar-refractivity contribution in [2.24, 2.45) is 0 Å². The van der Waals surface area contributed by atoms with Crippen LogP contribution in [0.3, 0.4) is 0 Å². The van der Waals surface area contributed by atoms with Crippen molar-refractivity contribution in [3.8, 4) is 0 Å². The lowest BCUT2D eigenvalue weighted by atomic mass is 10.2. The zero-order valence-corrected chi connectivity index (χ0v) is 9.98. The third-order valence-corrected chi connectivity index (χ3v) is 3.38. The smallest absolute Gasteiger partial charge is 0.243 e. The van der Waals surface area contributed by atoms with Crippen molar-refractivity contribution in [3.63, 3.8) is 0 Å². The van der Waals surface area contributed by atoms with Crippen LogP contribution >= 0.6 is 0 Å². The fraction of sp³-hybridized carbons (Fsp3) is 0.462. The van der Waals surface area contributed by atoms with Gasteiger partial charge in [-0.3, -0.25) is 0 Å². The molecule has 17 heavy (non-hydrogen) atoms. The highest BCUT2D eigenvalue weighted by atomic mass is 15.2. The second-order valence-electron chi connectivity index (χ2n) is 4.70. The van der Waals surface area contributed by atoms with Gasteiger partial charge in [-0.15, -0.1) is 10.2 Å². The van der Waals surface area contributed by atoms with Crippen LogP contribution in [-0.2, 0) is 0 Å². The van der Waals surface area contributed by atoms with E-state index < -0.39 is 0 Å². The average Bonchev–Trinajstić information content (AvgIpc) is 2.83. The minimum atomic E-state index is 0.526. The molecule has 0 bridgehead atoms. The number of para-hydroxylation sites is 1. The molecule has 0 aliphatic heterocycles. The molecule has 0 unspecified atom stereocenters. The lowest BCUT2D eigenvalue weighted by molar-refractivity contribution is 0.740. The molecule has 1 saturated carbocycles. The summed E-state index contributed by atoms with van der Waals surface area (Å²) in [5, 5.41) is 11.7. The molecule has 88 valence electrons. The first kappa shape index (κ1) is 10.4. The number of nitrogens with zero attached hydrogens (tertiary/aromatic N) is 3. The average molecular weight is 228 g/mol. The Balaban J connectivity index is 1.92. The predicted molar refractivity (Wildman–Crippen MR) is 67.9 cm³/mol. The summed E-state index contributed by atoms with van der Waals surface area (Å²) in [6.07, 6.45) is 5.04. The molecule has 0 radical (unpaired) electrons. The predicted octanol–water partition coefficient (Wildman–Crippen LogP) is 2.69. The number of rotatable bonds is 2. The van der Waals surface area contributed by atoms with E-state index in [1.54, 1.807) is 0 Å². The van der Waals surface area contributed by atoms with Crippen LogP contribution in [0.2, 0.25) is 0 Å². The Hall–Kier alpha value is -1.71. The highest BCUT2D eigenvalue weighted by molar-refractivity contribution is 5.77. The molecule has 4 heteroatoms. The maximum Gasteiger partial charge on any atom is 0.243 e. The Kier molecular flexibility index (Phi) is 2.63. The van der Waals surface area contributed by atoms with E-state index in [0.29, 0.717) is 12.0 Å². The van der Waals surface area contributed by atoms with E-state index in [1.807, 2.05) is 12.1 Å². The van der Waals surface area contributed by atoms with Crippen LogP contribution in [0.5, 0.6) is 0 Å².